The average molecular weight is 190 g/mol. The maximum absolute atomic E-state index is 4.46. The van der Waals surface area contributed by atoms with Crippen LogP contribution in [0.4, 0.5) is 0 Å². The molecular formula is C12H18N2. The van der Waals surface area contributed by atoms with E-state index in [0.29, 0.717) is 0 Å². The molecule has 2 nitrogen and oxygen atoms in total. The highest BCUT2D eigenvalue weighted by Gasteiger charge is 2.41. The molecular weight excluding hydrogens is 172 g/mol. The minimum Gasteiger partial charge on any atom is -0.272 e. The minimum absolute atomic E-state index is 0.901. The van der Waals surface area contributed by atoms with Gasteiger partial charge in [0.15, 0.2) is 0 Å². The second-order valence-electron chi connectivity index (χ2n) is 5.11. The van der Waals surface area contributed by atoms with Crippen molar-refractivity contribution in [3.63, 3.8) is 0 Å². The number of nitrogens with zero attached hydrogens (tertiary/aromatic N) is 2. The lowest BCUT2D eigenvalue weighted by atomic mass is 9.89. The molecule has 3 rings (SSSR count). The molecule has 14 heavy (non-hydrogen) atoms. The molecule has 1 aromatic heterocycles. The van der Waals surface area contributed by atoms with Gasteiger partial charge in [0.25, 0.3) is 0 Å². The number of rotatable bonds is 2. The maximum atomic E-state index is 4.46. The van der Waals surface area contributed by atoms with E-state index in [4.69, 9.17) is 0 Å². The summed E-state index contributed by atoms with van der Waals surface area (Å²) in [5.41, 5.74) is 1.14. The van der Waals surface area contributed by atoms with Gasteiger partial charge in [-0.1, -0.05) is 0 Å². The van der Waals surface area contributed by atoms with Crippen LogP contribution in [-0.4, -0.2) is 9.78 Å². The third-order valence-electron chi connectivity index (χ3n) is 3.87. The fourth-order valence-electron chi connectivity index (χ4n) is 2.94. The Morgan fingerprint density at radius 2 is 2.29 bits per heavy atom. The largest absolute Gasteiger partial charge is 0.272 e. The summed E-state index contributed by atoms with van der Waals surface area (Å²) < 4.78 is 2.13. The van der Waals surface area contributed by atoms with Crippen LogP contribution in [0.25, 0.3) is 0 Å². The fourth-order valence-corrected chi connectivity index (χ4v) is 2.94. The molecule has 1 heterocycles. The normalized spacial score (nSPS) is 35.4. The third kappa shape index (κ3) is 1.58. The maximum Gasteiger partial charge on any atom is 0.0593 e. The van der Waals surface area contributed by atoms with Crippen molar-refractivity contribution >= 4 is 0 Å². The predicted molar refractivity (Wildman–Crippen MR) is 55.9 cm³/mol. The molecule has 76 valence electrons. The Morgan fingerprint density at radius 3 is 3.00 bits per heavy atom. The first kappa shape index (κ1) is 8.51. The summed E-state index contributed by atoms with van der Waals surface area (Å²) >= 11 is 0. The van der Waals surface area contributed by atoms with Gasteiger partial charge >= 0.3 is 0 Å². The monoisotopic (exact) mass is 190 g/mol. The Bertz CT molecular complexity index is 329. The molecule has 1 aromatic rings. The quantitative estimate of drug-likeness (QED) is 0.701. The standard InChI is InChI=1S/C12H18N2/c1-9-4-5-14(13-9)8-10-2-3-11-7-12(11)6-10/h4-5,10-12H,2-3,6-8H2,1H3. The molecule has 0 spiro atoms. The molecule has 2 aliphatic carbocycles. The van der Waals surface area contributed by atoms with Crippen LogP contribution < -0.4 is 0 Å². The van der Waals surface area contributed by atoms with Crippen molar-refractivity contribution in [3.05, 3.63) is 18.0 Å². The zero-order valence-corrected chi connectivity index (χ0v) is 8.82. The number of aromatic nitrogens is 2. The van der Waals surface area contributed by atoms with E-state index in [-0.39, 0.29) is 0 Å². The van der Waals surface area contributed by atoms with Gasteiger partial charge in [-0.15, -0.1) is 0 Å². The van der Waals surface area contributed by atoms with Crippen LogP contribution in [0.2, 0.25) is 0 Å². The topological polar surface area (TPSA) is 17.8 Å². The smallest absolute Gasteiger partial charge is 0.0593 e. The fraction of sp³-hybridized carbons (Fsp3) is 0.750. The molecule has 2 fully saturated rings. The Balaban J connectivity index is 1.61. The van der Waals surface area contributed by atoms with Crippen molar-refractivity contribution in [1.82, 2.24) is 9.78 Å². The molecule has 0 saturated heterocycles. The van der Waals surface area contributed by atoms with E-state index >= 15 is 0 Å². The van der Waals surface area contributed by atoms with Crippen LogP contribution in [0.3, 0.4) is 0 Å². The van der Waals surface area contributed by atoms with Gasteiger partial charge in [0.1, 0.15) is 0 Å². The molecule has 0 bridgehead atoms. The summed E-state index contributed by atoms with van der Waals surface area (Å²) in [4.78, 5) is 0. The number of hydrogen-bond acceptors (Lipinski definition) is 1. The molecule has 0 amide bonds. The molecule has 0 aromatic carbocycles. The average Bonchev–Trinajstić information content (AvgIpc) is 2.82. The SMILES string of the molecule is Cc1ccn(CC2CCC3CC3C2)n1. The zero-order valence-electron chi connectivity index (χ0n) is 8.82. The molecule has 2 aliphatic rings. The van der Waals surface area contributed by atoms with E-state index < -0.39 is 0 Å². The third-order valence-corrected chi connectivity index (χ3v) is 3.87. The van der Waals surface area contributed by atoms with Gasteiger partial charge in [0, 0.05) is 12.7 Å². The first-order valence-corrected chi connectivity index (χ1v) is 5.81. The summed E-state index contributed by atoms with van der Waals surface area (Å²) in [6, 6.07) is 2.10. The minimum atomic E-state index is 0.901. The second kappa shape index (κ2) is 3.11. The second-order valence-corrected chi connectivity index (χ2v) is 5.11. The number of hydrogen-bond donors (Lipinski definition) is 0. The Hall–Kier alpha value is -0.790. The summed E-state index contributed by atoms with van der Waals surface area (Å²) in [5.74, 6) is 3.11. The van der Waals surface area contributed by atoms with E-state index in [2.05, 4.69) is 29.0 Å². The predicted octanol–water partition coefficient (Wildman–Crippen LogP) is 2.63. The summed E-state index contributed by atoms with van der Waals surface area (Å²) in [6.07, 6.45) is 8.02. The van der Waals surface area contributed by atoms with Gasteiger partial charge in [-0.05, 0) is 56.4 Å². The van der Waals surface area contributed by atoms with Crippen molar-refractivity contribution < 1.29 is 0 Å². The first-order chi connectivity index (χ1) is 6.81. The highest BCUT2D eigenvalue weighted by atomic mass is 15.3. The molecule has 2 saturated carbocycles. The summed E-state index contributed by atoms with van der Waals surface area (Å²) in [5, 5.41) is 4.46. The van der Waals surface area contributed by atoms with Crippen LogP contribution in [0.1, 0.15) is 31.4 Å². The van der Waals surface area contributed by atoms with Gasteiger partial charge < -0.3 is 0 Å². The Labute approximate surface area is 85.3 Å². The highest BCUT2D eigenvalue weighted by Crippen LogP contribution is 2.51. The Kier molecular flexibility index (Phi) is 1.89. The van der Waals surface area contributed by atoms with Crippen molar-refractivity contribution in [2.45, 2.75) is 39.2 Å². The van der Waals surface area contributed by atoms with Crippen LogP contribution in [0.15, 0.2) is 12.3 Å². The number of aryl methyl sites for hydroxylation is 1. The van der Waals surface area contributed by atoms with Crippen LogP contribution in [-0.2, 0) is 6.54 Å². The summed E-state index contributed by atoms with van der Waals surface area (Å²) in [7, 11) is 0. The zero-order chi connectivity index (χ0) is 9.54. The Morgan fingerprint density at radius 1 is 1.36 bits per heavy atom. The lowest BCUT2D eigenvalue weighted by Crippen LogP contribution is -2.15. The molecule has 3 unspecified atom stereocenters. The van der Waals surface area contributed by atoms with E-state index in [1.807, 2.05) is 0 Å². The van der Waals surface area contributed by atoms with Crippen molar-refractivity contribution in [2.75, 3.05) is 0 Å². The first-order valence-electron chi connectivity index (χ1n) is 5.81. The summed E-state index contributed by atoms with van der Waals surface area (Å²) in [6.45, 7) is 3.21. The van der Waals surface area contributed by atoms with Gasteiger partial charge in [0.2, 0.25) is 0 Å². The van der Waals surface area contributed by atoms with E-state index in [1.165, 1.54) is 25.7 Å². The highest BCUT2D eigenvalue weighted by molar-refractivity contribution is 4.96. The van der Waals surface area contributed by atoms with Crippen molar-refractivity contribution in [2.24, 2.45) is 17.8 Å². The van der Waals surface area contributed by atoms with Crippen LogP contribution >= 0.6 is 0 Å². The lowest BCUT2D eigenvalue weighted by Gasteiger charge is -2.20. The lowest BCUT2D eigenvalue weighted by molar-refractivity contribution is 0.296. The van der Waals surface area contributed by atoms with Gasteiger partial charge in [-0.25, -0.2) is 0 Å². The molecule has 0 aliphatic heterocycles. The molecule has 2 heteroatoms. The van der Waals surface area contributed by atoms with Gasteiger partial charge in [0.05, 0.1) is 5.69 Å². The van der Waals surface area contributed by atoms with Crippen LogP contribution in [0.5, 0.6) is 0 Å². The molecule has 0 N–H and O–H groups in total. The van der Waals surface area contributed by atoms with E-state index in [9.17, 15) is 0 Å². The van der Waals surface area contributed by atoms with E-state index in [0.717, 1.165) is 30.0 Å². The van der Waals surface area contributed by atoms with Crippen molar-refractivity contribution in [3.8, 4) is 0 Å². The van der Waals surface area contributed by atoms with E-state index in [1.54, 1.807) is 0 Å². The van der Waals surface area contributed by atoms with Gasteiger partial charge in [-0.2, -0.15) is 5.10 Å². The van der Waals surface area contributed by atoms with Crippen molar-refractivity contribution in [1.29, 1.82) is 0 Å². The molecule has 3 atom stereocenters. The number of fused-ring (bicyclic) bond motifs is 1. The van der Waals surface area contributed by atoms with Crippen LogP contribution in [0, 0.1) is 24.7 Å². The van der Waals surface area contributed by atoms with Gasteiger partial charge in [-0.3, -0.25) is 4.68 Å². The molecule has 0 radical (unpaired) electrons.